The van der Waals surface area contributed by atoms with Gasteiger partial charge in [-0.2, -0.15) is 0 Å². The fourth-order valence-electron chi connectivity index (χ4n) is 0.847. The van der Waals surface area contributed by atoms with Gasteiger partial charge in [-0.15, -0.1) is 0 Å². The number of H-pyrrole nitrogens is 1. The van der Waals surface area contributed by atoms with Gasteiger partial charge in [0, 0.05) is 6.20 Å². The first-order valence-corrected chi connectivity index (χ1v) is 3.70. The molecule has 0 aromatic carbocycles. The molecule has 7 nitrogen and oxygen atoms in total. The van der Waals surface area contributed by atoms with E-state index in [-0.39, 0.29) is 12.2 Å². The van der Waals surface area contributed by atoms with Crippen molar-refractivity contribution < 1.29 is 9.53 Å². The van der Waals surface area contributed by atoms with Gasteiger partial charge in [0.05, 0.1) is 7.11 Å². The molecule has 0 radical (unpaired) electrons. The highest BCUT2D eigenvalue weighted by atomic mass is 16.5. The van der Waals surface area contributed by atoms with Gasteiger partial charge in [0.2, 0.25) is 0 Å². The normalized spacial score (nSPS) is 9.79. The Balaban J connectivity index is 3.11. The molecule has 0 aliphatic carbocycles. The molecule has 0 aliphatic rings. The molecule has 0 atom stereocenters. The number of methoxy groups -OCH3 is 1. The third-order valence-electron chi connectivity index (χ3n) is 1.57. The maximum Gasteiger partial charge on any atom is 0.328 e. The van der Waals surface area contributed by atoms with Crippen molar-refractivity contribution in [2.75, 3.05) is 12.8 Å². The maximum absolute atomic E-state index is 11.1. The number of hydrogen-bond donors (Lipinski definition) is 2. The number of aromatic amines is 1. The number of nitrogens with two attached hydrogens (primary N) is 1. The highest BCUT2D eigenvalue weighted by Gasteiger charge is 2.05. The van der Waals surface area contributed by atoms with Gasteiger partial charge in [-0.25, -0.2) is 4.79 Å². The highest BCUT2D eigenvalue weighted by molar-refractivity contribution is 5.68. The van der Waals surface area contributed by atoms with Gasteiger partial charge in [-0.05, 0) is 0 Å². The predicted octanol–water partition coefficient (Wildman–Crippen LogP) is -1.71. The Morgan fingerprint density at radius 1 is 1.64 bits per heavy atom. The molecule has 0 saturated carbocycles. The summed E-state index contributed by atoms with van der Waals surface area (Å²) < 4.78 is 5.31. The van der Waals surface area contributed by atoms with Crippen LogP contribution in [0, 0.1) is 0 Å². The van der Waals surface area contributed by atoms with E-state index in [4.69, 9.17) is 5.73 Å². The van der Waals surface area contributed by atoms with Crippen LogP contribution in [-0.2, 0) is 16.1 Å². The Kier molecular flexibility index (Phi) is 2.70. The smallest absolute Gasteiger partial charge is 0.328 e. The lowest BCUT2D eigenvalue weighted by molar-refractivity contribution is -0.141. The summed E-state index contributed by atoms with van der Waals surface area (Å²) in [5.41, 5.74) is 3.75. The molecule has 0 saturated heterocycles. The number of hydrogen-bond acceptors (Lipinski definition) is 5. The zero-order valence-electron chi connectivity index (χ0n) is 7.44. The Labute approximate surface area is 78.1 Å². The van der Waals surface area contributed by atoms with Gasteiger partial charge in [0.1, 0.15) is 12.2 Å². The van der Waals surface area contributed by atoms with Gasteiger partial charge in [0.25, 0.3) is 5.56 Å². The first-order valence-electron chi connectivity index (χ1n) is 3.70. The van der Waals surface area contributed by atoms with Crippen LogP contribution in [0.4, 0.5) is 5.69 Å². The second kappa shape index (κ2) is 3.77. The van der Waals surface area contributed by atoms with Crippen LogP contribution in [0.5, 0.6) is 0 Å². The topological polar surface area (TPSA) is 107 Å². The lowest BCUT2D eigenvalue weighted by Crippen LogP contribution is -2.33. The second-order valence-electron chi connectivity index (χ2n) is 2.55. The summed E-state index contributed by atoms with van der Waals surface area (Å²) in [5.74, 6) is -0.599. The number of nitrogen functional groups attached to an aromatic ring is 1. The standard InChI is InChI=1S/C7H9N3O4/c1-14-5(11)3-10-2-4(8)6(12)9-7(10)13/h2H,3,8H2,1H3,(H,9,12,13). The van der Waals surface area contributed by atoms with E-state index in [9.17, 15) is 14.4 Å². The van der Waals surface area contributed by atoms with Crippen LogP contribution in [0.2, 0.25) is 0 Å². The summed E-state index contributed by atoms with van der Waals surface area (Å²) in [6.45, 7) is -0.281. The Hall–Kier alpha value is -2.05. The van der Waals surface area contributed by atoms with Gasteiger partial charge in [0.15, 0.2) is 0 Å². The number of aromatic nitrogens is 2. The van der Waals surface area contributed by atoms with Crippen molar-refractivity contribution >= 4 is 11.7 Å². The van der Waals surface area contributed by atoms with Crippen molar-refractivity contribution in [2.24, 2.45) is 0 Å². The van der Waals surface area contributed by atoms with E-state index >= 15 is 0 Å². The Morgan fingerprint density at radius 3 is 2.86 bits per heavy atom. The third-order valence-corrected chi connectivity index (χ3v) is 1.57. The van der Waals surface area contributed by atoms with Crippen molar-refractivity contribution in [2.45, 2.75) is 6.54 Å². The van der Waals surface area contributed by atoms with E-state index in [0.29, 0.717) is 0 Å². The van der Waals surface area contributed by atoms with Crippen molar-refractivity contribution in [1.29, 1.82) is 0 Å². The van der Waals surface area contributed by atoms with E-state index < -0.39 is 17.2 Å². The van der Waals surface area contributed by atoms with E-state index in [0.717, 1.165) is 10.8 Å². The molecule has 14 heavy (non-hydrogen) atoms. The second-order valence-corrected chi connectivity index (χ2v) is 2.55. The van der Waals surface area contributed by atoms with Crippen LogP contribution in [0.25, 0.3) is 0 Å². The van der Waals surface area contributed by atoms with Crippen molar-refractivity contribution in [3.05, 3.63) is 27.0 Å². The molecular weight excluding hydrogens is 190 g/mol. The summed E-state index contributed by atoms with van der Waals surface area (Å²) in [6, 6.07) is 0. The van der Waals surface area contributed by atoms with Crippen LogP contribution in [0.15, 0.2) is 15.8 Å². The molecule has 1 heterocycles. The average molecular weight is 199 g/mol. The SMILES string of the molecule is COC(=O)Cn1cc(N)c(=O)[nH]c1=O. The minimum Gasteiger partial charge on any atom is -0.468 e. The average Bonchev–Trinajstić information content (AvgIpc) is 2.14. The number of esters is 1. The third kappa shape index (κ3) is 2.00. The minimum atomic E-state index is -0.699. The predicted molar refractivity (Wildman–Crippen MR) is 47.8 cm³/mol. The molecule has 76 valence electrons. The molecule has 1 aromatic rings. The minimum absolute atomic E-state index is 0.131. The lowest BCUT2D eigenvalue weighted by Gasteiger charge is -2.03. The Bertz CT molecular complexity index is 459. The summed E-state index contributed by atoms with van der Waals surface area (Å²) >= 11 is 0. The van der Waals surface area contributed by atoms with E-state index in [2.05, 4.69) is 4.74 Å². The molecule has 0 fully saturated rings. The number of nitrogens with one attached hydrogen (secondary N) is 1. The number of nitrogens with zero attached hydrogens (tertiary/aromatic N) is 1. The van der Waals surface area contributed by atoms with Crippen molar-refractivity contribution in [1.82, 2.24) is 9.55 Å². The van der Waals surface area contributed by atoms with E-state index in [1.165, 1.54) is 7.11 Å². The molecule has 0 bridgehead atoms. The number of carbonyl (C=O) groups excluding carboxylic acids is 1. The van der Waals surface area contributed by atoms with Crippen LogP contribution in [0.1, 0.15) is 0 Å². The van der Waals surface area contributed by atoms with Crippen LogP contribution in [0.3, 0.4) is 0 Å². The summed E-state index contributed by atoms with van der Waals surface area (Å²) in [5, 5.41) is 0. The zero-order chi connectivity index (χ0) is 10.7. The first kappa shape index (κ1) is 10.0. The summed E-state index contributed by atoms with van der Waals surface area (Å²) in [7, 11) is 1.20. The largest absolute Gasteiger partial charge is 0.468 e. The molecule has 1 rings (SSSR count). The molecular formula is C7H9N3O4. The number of anilines is 1. The fourth-order valence-corrected chi connectivity index (χ4v) is 0.847. The van der Waals surface area contributed by atoms with Crippen LogP contribution in [-0.4, -0.2) is 22.6 Å². The monoisotopic (exact) mass is 199 g/mol. The van der Waals surface area contributed by atoms with Gasteiger partial charge in [-0.1, -0.05) is 0 Å². The van der Waals surface area contributed by atoms with Gasteiger partial charge < -0.3 is 10.5 Å². The summed E-state index contributed by atoms with van der Waals surface area (Å²) in [4.78, 5) is 34.7. The molecule has 1 aromatic heterocycles. The number of ether oxygens (including phenoxy) is 1. The molecule has 3 N–H and O–H groups in total. The molecule has 0 amide bonds. The Morgan fingerprint density at radius 2 is 2.29 bits per heavy atom. The summed E-state index contributed by atoms with van der Waals surface area (Å²) in [6.07, 6.45) is 1.10. The van der Waals surface area contributed by atoms with E-state index in [1.54, 1.807) is 0 Å². The van der Waals surface area contributed by atoms with Gasteiger partial charge >= 0.3 is 11.7 Å². The zero-order valence-corrected chi connectivity index (χ0v) is 7.44. The maximum atomic E-state index is 11.1. The molecule has 0 aliphatic heterocycles. The highest BCUT2D eigenvalue weighted by Crippen LogP contribution is 1.87. The molecule has 0 unspecified atom stereocenters. The molecule has 0 spiro atoms. The quantitative estimate of drug-likeness (QED) is 0.551. The van der Waals surface area contributed by atoms with Crippen molar-refractivity contribution in [3.8, 4) is 0 Å². The van der Waals surface area contributed by atoms with Gasteiger partial charge in [-0.3, -0.25) is 19.1 Å². The lowest BCUT2D eigenvalue weighted by atomic mass is 10.5. The first-order chi connectivity index (χ1) is 6.54. The van der Waals surface area contributed by atoms with Crippen molar-refractivity contribution in [3.63, 3.8) is 0 Å². The molecule has 7 heteroatoms. The number of carbonyl (C=O) groups is 1. The van der Waals surface area contributed by atoms with E-state index in [1.807, 2.05) is 4.98 Å². The van der Waals surface area contributed by atoms with Crippen LogP contribution < -0.4 is 17.0 Å². The fraction of sp³-hybridized carbons (Fsp3) is 0.286. The number of rotatable bonds is 2. The van der Waals surface area contributed by atoms with Crippen LogP contribution >= 0.6 is 0 Å².